The van der Waals surface area contributed by atoms with Crippen molar-refractivity contribution in [1.82, 2.24) is 4.98 Å². The van der Waals surface area contributed by atoms with Gasteiger partial charge in [-0.15, -0.1) is 0 Å². The number of aromatic nitrogens is 1. The zero-order chi connectivity index (χ0) is 8.29. The number of carbonyl (C=O) groups excluding carboxylic acids is 1. The van der Waals surface area contributed by atoms with Crippen LogP contribution in [-0.2, 0) is 0 Å². The molecule has 1 fully saturated rings. The quantitative estimate of drug-likeness (QED) is 0.675. The van der Waals surface area contributed by atoms with Gasteiger partial charge in [-0.2, -0.15) is 0 Å². The number of carbonyl (C=O) groups is 1. The first-order chi connectivity index (χ1) is 5.77. The first-order valence-electron chi connectivity index (χ1n) is 3.97. The van der Waals surface area contributed by atoms with Crippen LogP contribution >= 0.6 is 15.9 Å². The van der Waals surface area contributed by atoms with E-state index in [2.05, 4.69) is 20.9 Å². The SMILES string of the molecule is O=C1c2ncc(Br)cc2C2CC12. The predicted octanol–water partition coefficient (Wildman–Crippen LogP) is 2.14. The van der Waals surface area contributed by atoms with Crippen molar-refractivity contribution in [2.75, 3.05) is 0 Å². The van der Waals surface area contributed by atoms with Crippen LogP contribution in [0.3, 0.4) is 0 Å². The molecule has 3 rings (SSSR count). The molecule has 1 saturated carbocycles. The van der Waals surface area contributed by atoms with Gasteiger partial charge in [0.05, 0.1) is 0 Å². The van der Waals surface area contributed by atoms with Gasteiger partial charge in [-0.05, 0) is 39.9 Å². The fourth-order valence-corrected chi connectivity index (χ4v) is 2.30. The summed E-state index contributed by atoms with van der Waals surface area (Å²) in [5.41, 5.74) is 1.86. The average Bonchev–Trinajstić information content (AvgIpc) is 2.77. The molecule has 2 unspecified atom stereocenters. The zero-order valence-electron chi connectivity index (χ0n) is 6.25. The van der Waals surface area contributed by atoms with Crippen LogP contribution in [-0.4, -0.2) is 10.8 Å². The summed E-state index contributed by atoms with van der Waals surface area (Å²) in [6.45, 7) is 0. The monoisotopic (exact) mass is 223 g/mol. The van der Waals surface area contributed by atoms with Gasteiger partial charge in [0.1, 0.15) is 5.69 Å². The molecule has 1 aromatic rings. The minimum absolute atomic E-state index is 0.252. The number of hydrogen-bond donors (Lipinski definition) is 0. The third-order valence-electron chi connectivity index (χ3n) is 2.64. The van der Waals surface area contributed by atoms with Gasteiger partial charge in [-0.25, -0.2) is 0 Å². The van der Waals surface area contributed by atoms with E-state index in [1.807, 2.05) is 6.07 Å². The van der Waals surface area contributed by atoms with E-state index in [0.717, 1.165) is 16.5 Å². The lowest BCUT2D eigenvalue weighted by Gasteiger charge is -1.99. The molecule has 0 aromatic carbocycles. The van der Waals surface area contributed by atoms with Crippen LogP contribution in [0, 0.1) is 5.92 Å². The Balaban J connectivity index is 2.26. The summed E-state index contributed by atoms with van der Waals surface area (Å²) in [4.78, 5) is 15.6. The van der Waals surface area contributed by atoms with Crippen LogP contribution in [0.2, 0.25) is 0 Å². The molecular weight excluding hydrogens is 218 g/mol. The third kappa shape index (κ3) is 0.698. The standard InChI is InChI=1S/C9H6BrNO/c10-4-1-6-5-2-7(5)9(12)8(6)11-3-4/h1,3,5,7H,2H2. The summed E-state index contributed by atoms with van der Waals surface area (Å²) in [7, 11) is 0. The van der Waals surface area contributed by atoms with Crippen LogP contribution in [0.5, 0.6) is 0 Å². The molecule has 1 heterocycles. The highest BCUT2D eigenvalue weighted by Crippen LogP contribution is 2.55. The molecule has 0 radical (unpaired) electrons. The molecule has 2 nitrogen and oxygen atoms in total. The van der Waals surface area contributed by atoms with Crippen molar-refractivity contribution in [1.29, 1.82) is 0 Å². The third-order valence-corrected chi connectivity index (χ3v) is 3.08. The van der Waals surface area contributed by atoms with E-state index < -0.39 is 0 Å². The molecule has 60 valence electrons. The molecule has 0 amide bonds. The molecule has 0 bridgehead atoms. The highest BCUT2D eigenvalue weighted by Gasteiger charge is 2.52. The molecule has 1 aromatic heterocycles. The largest absolute Gasteiger partial charge is 0.292 e. The summed E-state index contributed by atoms with van der Waals surface area (Å²) in [5.74, 6) is 1.03. The van der Waals surface area contributed by atoms with Gasteiger partial charge >= 0.3 is 0 Å². The minimum Gasteiger partial charge on any atom is -0.292 e. The summed E-state index contributed by atoms with van der Waals surface area (Å²) in [6.07, 6.45) is 2.74. The molecule has 2 atom stereocenters. The van der Waals surface area contributed by atoms with Gasteiger partial charge in [0.15, 0.2) is 5.78 Å². The summed E-state index contributed by atoms with van der Waals surface area (Å²) >= 11 is 3.36. The Morgan fingerprint density at radius 2 is 2.33 bits per heavy atom. The van der Waals surface area contributed by atoms with Crippen molar-refractivity contribution >= 4 is 21.7 Å². The zero-order valence-corrected chi connectivity index (χ0v) is 7.84. The van der Waals surface area contributed by atoms with Gasteiger partial charge in [-0.1, -0.05) is 0 Å². The topological polar surface area (TPSA) is 30.0 Å². The van der Waals surface area contributed by atoms with E-state index in [-0.39, 0.29) is 11.7 Å². The van der Waals surface area contributed by atoms with Crippen LogP contribution in [0.1, 0.15) is 28.4 Å². The number of Topliss-reactive ketones (excluding diaryl/α,β-unsaturated/α-hetero) is 1. The lowest BCUT2D eigenvalue weighted by molar-refractivity contribution is 0.0970. The highest BCUT2D eigenvalue weighted by atomic mass is 79.9. The molecular formula is C9H6BrNO. The molecule has 2 aliphatic carbocycles. The Kier molecular flexibility index (Phi) is 1.11. The number of rotatable bonds is 0. The maximum Gasteiger partial charge on any atom is 0.185 e. The average molecular weight is 224 g/mol. The second kappa shape index (κ2) is 1.96. The minimum atomic E-state index is 0.252. The van der Waals surface area contributed by atoms with E-state index in [4.69, 9.17) is 0 Å². The van der Waals surface area contributed by atoms with Crippen LogP contribution in [0.15, 0.2) is 16.7 Å². The molecule has 12 heavy (non-hydrogen) atoms. The number of fused-ring (bicyclic) bond motifs is 3. The maximum absolute atomic E-state index is 11.5. The Labute approximate surface area is 78.1 Å². The van der Waals surface area contributed by atoms with Crippen molar-refractivity contribution < 1.29 is 4.79 Å². The number of hydrogen-bond acceptors (Lipinski definition) is 2. The smallest absolute Gasteiger partial charge is 0.185 e. The van der Waals surface area contributed by atoms with Crippen molar-refractivity contribution in [3.8, 4) is 0 Å². The second-order valence-corrected chi connectivity index (χ2v) is 4.32. The Morgan fingerprint density at radius 1 is 1.50 bits per heavy atom. The number of halogens is 1. The molecule has 2 aliphatic rings. The van der Waals surface area contributed by atoms with E-state index in [1.165, 1.54) is 0 Å². The lowest BCUT2D eigenvalue weighted by Crippen LogP contribution is -2.00. The highest BCUT2D eigenvalue weighted by molar-refractivity contribution is 9.10. The van der Waals surface area contributed by atoms with Gasteiger partial charge in [-0.3, -0.25) is 9.78 Å². The normalized spacial score (nSPS) is 29.9. The maximum atomic E-state index is 11.5. The van der Waals surface area contributed by atoms with E-state index >= 15 is 0 Å². The van der Waals surface area contributed by atoms with Gasteiger partial charge in [0.25, 0.3) is 0 Å². The van der Waals surface area contributed by atoms with E-state index in [1.54, 1.807) is 6.20 Å². The summed E-state index contributed by atoms with van der Waals surface area (Å²) < 4.78 is 0.974. The Bertz CT molecular complexity index is 388. The summed E-state index contributed by atoms with van der Waals surface area (Å²) in [6, 6.07) is 2.03. The Morgan fingerprint density at radius 3 is 3.17 bits per heavy atom. The van der Waals surface area contributed by atoms with Crippen molar-refractivity contribution in [3.05, 3.63) is 28.0 Å². The van der Waals surface area contributed by atoms with E-state index in [9.17, 15) is 4.79 Å². The van der Waals surface area contributed by atoms with Gasteiger partial charge in [0.2, 0.25) is 0 Å². The summed E-state index contributed by atoms with van der Waals surface area (Å²) in [5, 5.41) is 0. The predicted molar refractivity (Wildman–Crippen MR) is 47.1 cm³/mol. The number of ketones is 1. The second-order valence-electron chi connectivity index (χ2n) is 3.40. The molecule has 0 saturated heterocycles. The fourth-order valence-electron chi connectivity index (χ4n) is 1.95. The van der Waals surface area contributed by atoms with E-state index in [0.29, 0.717) is 11.6 Å². The first kappa shape index (κ1) is 6.78. The Hall–Kier alpha value is -0.700. The molecule has 3 heteroatoms. The van der Waals surface area contributed by atoms with Gasteiger partial charge in [0, 0.05) is 16.6 Å². The number of pyridine rings is 1. The van der Waals surface area contributed by atoms with Crippen LogP contribution < -0.4 is 0 Å². The molecule has 0 N–H and O–H groups in total. The lowest BCUT2D eigenvalue weighted by atomic mass is 10.1. The molecule has 0 spiro atoms. The van der Waals surface area contributed by atoms with Crippen molar-refractivity contribution in [3.63, 3.8) is 0 Å². The fraction of sp³-hybridized carbons (Fsp3) is 0.333. The molecule has 0 aliphatic heterocycles. The number of nitrogens with zero attached hydrogens (tertiary/aromatic N) is 1. The van der Waals surface area contributed by atoms with Crippen molar-refractivity contribution in [2.45, 2.75) is 12.3 Å². The van der Waals surface area contributed by atoms with Gasteiger partial charge < -0.3 is 0 Å². The van der Waals surface area contributed by atoms with Crippen molar-refractivity contribution in [2.24, 2.45) is 5.92 Å². The van der Waals surface area contributed by atoms with Crippen LogP contribution in [0.25, 0.3) is 0 Å². The first-order valence-corrected chi connectivity index (χ1v) is 4.76. The van der Waals surface area contributed by atoms with Crippen LogP contribution in [0.4, 0.5) is 0 Å².